The number of carbonyl (C=O) groups is 1. The van der Waals surface area contributed by atoms with Gasteiger partial charge in [-0.1, -0.05) is 30.3 Å². The number of nitrogens with zero attached hydrogens (tertiary/aromatic N) is 1. The highest BCUT2D eigenvalue weighted by Gasteiger charge is 2.36. The second kappa shape index (κ2) is 5.83. The van der Waals surface area contributed by atoms with Crippen LogP contribution in [-0.2, 0) is 4.74 Å². The summed E-state index contributed by atoms with van der Waals surface area (Å²) in [6.45, 7) is 6.17. The predicted octanol–water partition coefficient (Wildman–Crippen LogP) is 3.12. The second-order valence-electron chi connectivity index (χ2n) is 6.24. The van der Waals surface area contributed by atoms with E-state index in [1.165, 1.54) is 0 Å². The lowest BCUT2D eigenvalue weighted by Gasteiger charge is -2.39. The summed E-state index contributed by atoms with van der Waals surface area (Å²) in [5.41, 5.74) is 0.423. The smallest absolute Gasteiger partial charge is 0.410 e. The van der Waals surface area contributed by atoms with Crippen LogP contribution < -0.4 is 0 Å². The number of benzene rings is 1. The molecule has 0 unspecified atom stereocenters. The molecule has 0 aliphatic carbocycles. The van der Waals surface area contributed by atoms with Crippen LogP contribution in [0.2, 0.25) is 0 Å². The molecule has 4 nitrogen and oxygen atoms in total. The molecule has 0 spiro atoms. The van der Waals surface area contributed by atoms with E-state index in [1.807, 2.05) is 51.1 Å². The molecule has 0 bridgehead atoms. The van der Waals surface area contributed by atoms with Crippen LogP contribution >= 0.6 is 0 Å². The number of rotatable bonds is 1. The molecule has 1 fully saturated rings. The van der Waals surface area contributed by atoms with Crippen molar-refractivity contribution < 1.29 is 14.6 Å². The number of aliphatic hydroxyl groups excluding tert-OH is 1. The Morgan fingerprint density at radius 1 is 1.30 bits per heavy atom. The van der Waals surface area contributed by atoms with Crippen LogP contribution in [-0.4, -0.2) is 34.3 Å². The molecule has 1 aliphatic rings. The average Bonchev–Trinajstić information content (AvgIpc) is 2.37. The maximum Gasteiger partial charge on any atom is 0.410 e. The molecule has 1 amide bonds. The van der Waals surface area contributed by atoms with E-state index in [0.29, 0.717) is 13.0 Å². The minimum atomic E-state index is -0.543. The van der Waals surface area contributed by atoms with Crippen LogP contribution in [0.5, 0.6) is 0 Å². The van der Waals surface area contributed by atoms with E-state index in [9.17, 15) is 9.90 Å². The molecule has 0 aromatic heterocycles. The number of hydrogen-bond acceptors (Lipinski definition) is 3. The highest BCUT2D eigenvalue weighted by molar-refractivity contribution is 5.69. The van der Waals surface area contributed by atoms with Gasteiger partial charge in [0.05, 0.1) is 12.1 Å². The number of likely N-dealkylation sites (tertiary alicyclic amines) is 1. The summed E-state index contributed by atoms with van der Waals surface area (Å²) in [6.07, 6.45) is 0.603. The average molecular weight is 277 g/mol. The molecule has 2 rings (SSSR count). The number of hydrogen-bond donors (Lipinski definition) is 1. The summed E-state index contributed by atoms with van der Waals surface area (Å²) in [6, 6.07) is 9.33. The fourth-order valence-electron chi connectivity index (χ4n) is 2.55. The van der Waals surface area contributed by atoms with Crippen molar-refractivity contribution in [2.75, 3.05) is 6.54 Å². The molecule has 4 heteroatoms. The van der Waals surface area contributed by atoms with Crippen LogP contribution in [0.15, 0.2) is 30.3 Å². The Kier molecular flexibility index (Phi) is 4.33. The van der Waals surface area contributed by atoms with Gasteiger partial charge in [-0.3, -0.25) is 4.90 Å². The van der Waals surface area contributed by atoms with Gasteiger partial charge in [0.25, 0.3) is 0 Å². The van der Waals surface area contributed by atoms with Crippen molar-refractivity contribution in [2.45, 2.75) is 51.4 Å². The number of carbonyl (C=O) groups excluding carboxylic acids is 1. The van der Waals surface area contributed by atoms with E-state index in [4.69, 9.17) is 4.74 Å². The molecule has 1 saturated heterocycles. The first kappa shape index (κ1) is 14.9. The van der Waals surface area contributed by atoms with Crippen molar-refractivity contribution in [1.29, 1.82) is 0 Å². The molecule has 1 N–H and O–H groups in total. The van der Waals surface area contributed by atoms with Crippen molar-refractivity contribution in [2.24, 2.45) is 0 Å². The first-order valence-electron chi connectivity index (χ1n) is 7.11. The SMILES string of the molecule is CC(C)(C)OC(=O)N1CCC[C@@H](O)[C@H]1c1ccccc1. The van der Waals surface area contributed by atoms with Crippen LogP contribution in [0.25, 0.3) is 0 Å². The van der Waals surface area contributed by atoms with E-state index in [-0.39, 0.29) is 12.1 Å². The molecular weight excluding hydrogens is 254 g/mol. The number of aliphatic hydroxyl groups is 1. The van der Waals surface area contributed by atoms with Gasteiger partial charge in [0, 0.05) is 6.54 Å². The van der Waals surface area contributed by atoms with Gasteiger partial charge in [-0.15, -0.1) is 0 Å². The topological polar surface area (TPSA) is 49.8 Å². The van der Waals surface area contributed by atoms with Crippen molar-refractivity contribution in [3.8, 4) is 0 Å². The summed E-state index contributed by atoms with van der Waals surface area (Å²) in [5.74, 6) is 0. The fourth-order valence-corrected chi connectivity index (χ4v) is 2.55. The maximum atomic E-state index is 12.3. The third kappa shape index (κ3) is 3.51. The van der Waals surface area contributed by atoms with Gasteiger partial charge in [0.1, 0.15) is 5.60 Å². The Balaban J connectivity index is 2.23. The molecule has 1 aliphatic heterocycles. The summed E-state index contributed by atoms with van der Waals surface area (Å²) in [4.78, 5) is 14.0. The van der Waals surface area contributed by atoms with E-state index < -0.39 is 11.7 Å². The third-order valence-electron chi connectivity index (χ3n) is 3.37. The Labute approximate surface area is 120 Å². The first-order chi connectivity index (χ1) is 9.38. The molecule has 1 heterocycles. The molecule has 110 valence electrons. The lowest BCUT2D eigenvalue weighted by atomic mass is 9.93. The van der Waals surface area contributed by atoms with E-state index in [1.54, 1.807) is 4.90 Å². The minimum Gasteiger partial charge on any atom is -0.444 e. The standard InChI is InChI=1S/C16H23NO3/c1-16(2,3)20-15(19)17-11-7-10-13(18)14(17)12-8-5-4-6-9-12/h4-6,8-9,13-14,18H,7,10-11H2,1-3H3/t13-,14-/m1/s1. The van der Waals surface area contributed by atoms with Crippen LogP contribution in [0.3, 0.4) is 0 Å². The van der Waals surface area contributed by atoms with Gasteiger partial charge in [0.2, 0.25) is 0 Å². The van der Waals surface area contributed by atoms with Crippen LogP contribution in [0.4, 0.5) is 4.79 Å². The molecule has 0 radical (unpaired) electrons. The number of ether oxygens (including phenoxy) is 1. The van der Waals surface area contributed by atoms with Gasteiger partial charge in [-0.25, -0.2) is 4.79 Å². The summed E-state index contributed by atoms with van der Waals surface area (Å²) in [5, 5.41) is 10.3. The Bertz CT molecular complexity index is 453. The normalized spacial score (nSPS) is 23.5. The van der Waals surface area contributed by atoms with Crippen LogP contribution in [0, 0.1) is 0 Å². The largest absolute Gasteiger partial charge is 0.444 e. The zero-order valence-corrected chi connectivity index (χ0v) is 12.4. The molecule has 1 aromatic rings. The van der Waals surface area contributed by atoms with Crippen LogP contribution in [0.1, 0.15) is 45.2 Å². The third-order valence-corrected chi connectivity index (χ3v) is 3.37. The second-order valence-corrected chi connectivity index (χ2v) is 6.24. The van der Waals surface area contributed by atoms with E-state index >= 15 is 0 Å². The summed E-state index contributed by atoms with van der Waals surface area (Å²) >= 11 is 0. The van der Waals surface area contributed by atoms with E-state index in [0.717, 1.165) is 12.0 Å². The maximum absolute atomic E-state index is 12.3. The lowest BCUT2D eigenvalue weighted by Crippen LogP contribution is -2.47. The predicted molar refractivity (Wildman–Crippen MR) is 77.4 cm³/mol. The Morgan fingerprint density at radius 2 is 1.95 bits per heavy atom. The quantitative estimate of drug-likeness (QED) is 0.858. The lowest BCUT2D eigenvalue weighted by molar-refractivity contribution is -0.0239. The van der Waals surface area contributed by atoms with Gasteiger partial charge in [0.15, 0.2) is 0 Å². The molecule has 0 saturated carbocycles. The first-order valence-corrected chi connectivity index (χ1v) is 7.11. The molecule has 1 aromatic carbocycles. The van der Waals surface area contributed by atoms with Gasteiger partial charge in [-0.05, 0) is 39.2 Å². The van der Waals surface area contributed by atoms with Gasteiger partial charge >= 0.3 is 6.09 Å². The van der Waals surface area contributed by atoms with Crippen molar-refractivity contribution in [1.82, 2.24) is 4.90 Å². The van der Waals surface area contributed by atoms with Gasteiger partial charge in [-0.2, -0.15) is 0 Å². The highest BCUT2D eigenvalue weighted by Crippen LogP contribution is 2.32. The molecular formula is C16H23NO3. The zero-order valence-electron chi connectivity index (χ0n) is 12.4. The Morgan fingerprint density at radius 3 is 2.55 bits per heavy atom. The molecule has 20 heavy (non-hydrogen) atoms. The van der Waals surface area contributed by atoms with Crippen molar-refractivity contribution in [3.63, 3.8) is 0 Å². The highest BCUT2D eigenvalue weighted by atomic mass is 16.6. The fraction of sp³-hybridized carbons (Fsp3) is 0.562. The minimum absolute atomic E-state index is 0.320. The zero-order chi connectivity index (χ0) is 14.8. The van der Waals surface area contributed by atoms with Crippen molar-refractivity contribution >= 4 is 6.09 Å². The number of amides is 1. The summed E-state index contributed by atoms with van der Waals surface area (Å²) < 4.78 is 5.45. The monoisotopic (exact) mass is 277 g/mol. The number of piperidine rings is 1. The van der Waals surface area contributed by atoms with E-state index in [2.05, 4.69) is 0 Å². The summed E-state index contributed by atoms with van der Waals surface area (Å²) in [7, 11) is 0. The van der Waals surface area contributed by atoms with Gasteiger partial charge < -0.3 is 9.84 Å². The molecule has 2 atom stereocenters. The Hall–Kier alpha value is -1.55. The van der Waals surface area contributed by atoms with Crippen molar-refractivity contribution in [3.05, 3.63) is 35.9 Å².